The first kappa shape index (κ1) is 17.6. The number of anilines is 1. The quantitative estimate of drug-likeness (QED) is 0.688. The summed E-state index contributed by atoms with van der Waals surface area (Å²) in [5.41, 5.74) is 4.52. The van der Waals surface area contributed by atoms with Crippen LogP contribution in [0.2, 0.25) is 0 Å². The zero-order valence-corrected chi connectivity index (χ0v) is 16.4. The van der Waals surface area contributed by atoms with Crippen molar-refractivity contribution in [2.45, 2.75) is 20.8 Å². The van der Waals surface area contributed by atoms with Gasteiger partial charge in [-0.15, -0.1) is 11.3 Å². The van der Waals surface area contributed by atoms with Crippen molar-refractivity contribution in [3.8, 4) is 5.82 Å². The number of hydrogen-bond donors (Lipinski definition) is 0. The van der Waals surface area contributed by atoms with Crippen molar-refractivity contribution in [1.29, 1.82) is 0 Å². The SMILES string of the molecule is Cc1cc(C)n(-c2cc(N3CCN(C(=O)c4scnc4C)CC3)ncn2)n1. The number of nitrogens with zero attached hydrogens (tertiary/aromatic N) is 7. The maximum atomic E-state index is 12.6. The number of carbonyl (C=O) groups is 1. The third kappa shape index (κ3) is 3.42. The van der Waals surface area contributed by atoms with Crippen LogP contribution in [0.4, 0.5) is 5.82 Å². The molecule has 0 radical (unpaired) electrons. The zero-order valence-electron chi connectivity index (χ0n) is 15.6. The Kier molecular flexibility index (Phi) is 4.61. The lowest BCUT2D eigenvalue weighted by atomic mass is 10.2. The van der Waals surface area contributed by atoms with Crippen molar-refractivity contribution >= 4 is 23.1 Å². The number of carbonyl (C=O) groups excluding carboxylic acids is 1. The van der Waals surface area contributed by atoms with Gasteiger partial charge in [0, 0.05) is 37.9 Å². The molecule has 0 atom stereocenters. The molecule has 0 N–H and O–H groups in total. The van der Waals surface area contributed by atoms with E-state index in [0.717, 1.165) is 46.7 Å². The van der Waals surface area contributed by atoms with Crippen LogP contribution >= 0.6 is 11.3 Å². The van der Waals surface area contributed by atoms with E-state index in [2.05, 4.69) is 25.0 Å². The van der Waals surface area contributed by atoms with E-state index in [0.29, 0.717) is 13.1 Å². The summed E-state index contributed by atoms with van der Waals surface area (Å²) in [5.74, 6) is 1.68. The van der Waals surface area contributed by atoms with Gasteiger partial charge in [-0.1, -0.05) is 0 Å². The van der Waals surface area contributed by atoms with Crippen molar-refractivity contribution in [2.24, 2.45) is 0 Å². The van der Waals surface area contributed by atoms with E-state index in [1.807, 2.05) is 42.5 Å². The third-order valence-corrected chi connectivity index (χ3v) is 5.61. The van der Waals surface area contributed by atoms with Crippen molar-refractivity contribution < 1.29 is 4.79 Å². The molecule has 1 saturated heterocycles. The molecule has 140 valence electrons. The topological polar surface area (TPSA) is 80.0 Å². The second-order valence-electron chi connectivity index (χ2n) is 6.62. The average Bonchev–Trinajstić information content (AvgIpc) is 3.26. The van der Waals surface area contributed by atoms with Crippen LogP contribution in [0.25, 0.3) is 5.82 Å². The van der Waals surface area contributed by atoms with Gasteiger partial charge in [-0.2, -0.15) is 5.10 Å². The monoisotopic (exact) mass is 383 g/mol. The lowest BCUT2D eigenvalue weighted by molar-refractivity contribution is 0.0750. The van der Waals surface area contributed by atoms with Gasteiger partial charge < -0.3 is 9.80 Å². The summed E-state index contributed by atoms with van der Waals surface area (Å²) >= 11 is 1.41. The molecule has 0 unspecified atom stereocenters. The van der Waals surface area contributed by atoms with Gasteiger partial charge in [0.15, 0.2) is 5.82 Å². The predicted molar refractivity (Wildman–Crippen MR) is 104 cm³/mol. The molecule has 0 spiro atoms. The Labute approximate surface area is 161 Å². The first-order valence-corrected chi connectivity index (χ1v) is 9.71. The van der Waals surface area contributed by atoms with Gasteiger partial charge in [0.1, 0.15) is 17.0 Å². The minimum atomic E-state index is 0.0701. The molecule has 3 aromatic rings. The first-order chi connectivity index (χ1) is 13.0. The zero-order chi connectivity index (χ0) is 19.0. The van der Waals surface area contributed by atoms with E-state index in [4.69, 9.17) is 0 Å². The number of aryl methyl sites for hydroxylation is 3. The molecule has 3 aromatic heterocycles. The fourth-order valence-electron chi connectivity index (χ4n) is 3.28. The Morgan fingerprint density at radius 1 is 1.00 bits per heavy atom. The molecule has 8 nitrogen and oxygen atoms in total. The summed E-state index contributed by atoms with van der Waals surface area (Å²) in [7, 11) is 0. The summed E-state index contributed by atoms with van der Waals surface area (Å²) in [6, 6.07) is 3.97. The minimum Gasteiger partial charge on any atom is -0.353 e. The van der Waals surface area contributed by atoms with Gasteiger partial charge in [0.05, 0.1) is 16.9 Å². The van der Waals surface area contributed by atoms with Crippen LogP contribution in [0.15, 0.2) is 24.0 Å². The highest BCUT2D eigenvalue weighted by atomic mass is 32.1. The normalized spacial score (nSPS) is 14.6. The molecule has 4 heterocycles. The molecule has 0 saturated carbocycles. The lowest BCUT2D eigenvalue weighted by Crippen LogP contribution is -2.49. The Balaban J connectivity index is 1.47. The van der Waals surface area contributed by atoms with Crippen LogP contribution in [0, 0.1) is 20.8 Å². The number of rotatable bonds is 3. The van der Waals surface area contributed by atoms with Gasteiger partial charge in [-0.05, 0) is 26.8 Å². The van der Waals surface area contributed by atoms with Crippen LogP contribution in [-0.2, 0) is 0 Å². The van der Waals surface area contributed by atoms with Crippen molar-refractivity contribution in [3.63, 3.8) is 0 Å². The highest BCUT2D eigenvalue weighted by Gasteiger charge is 2.25. The van der Waals surface area contributed by atoms with Gasteiger partial charge in [-0.3, -0.25) is 4.79 Å². The molecule has 9 heteroatoms. The minimum absolute atomic E-state index is 0.0701. The Hall–Kier alpha value is -2.81. The van der Waals surface area contributed by atoms with Crippen molar-refractivity contribution in [2.75, 3.05) is 31.1 Å². The second kappa shape index (κ2) is 7.07. The van der Waals surface area contributed by atoms with E-state index in [9.17, 15) is 4.79 Å². The molecule has 4 rings (SSSR count). The van der Waals surface area contributed by atoms with E-state index < -0.39 is 0 Å². The maximum Gasteiger partial charge on any atom is 0.265 e. The fraction of sp³-hybridized carbons (Fsp3) is 0.389. The summed E-state index contributed by atoms with van der Waals surface area (Å²) in [6.07, 6.45) is 1.57. The Morgan fingerprint density at radius 3 is 2.37 bits per heavy atom. The molecule has 1 amide bonds. The first-order valence-electron chi connectivity index (χ1n) is 8.83. The standard InChI is InChI=1S/C18H21N7OS/c1-12-8-13(2)25(22-12)16-9-15(19-10-20-16)23-4-6-24(7-5-23)18(26)17-14(3)21-11-27-17/h8-11H,4-7H2,1-3H3. The van der Waals surface area contributed by atoms with Gasteiger partial charge >= 0.3 is 0 Å². The van der Waals surface area contributed by atoms with Gasteiger partial charge in [0.25, 0.3) is 5.91 Å². The van der Waals surface area contributed by atoms with Crippen molar-refractivity contribution in [3.05, 3.63) is 45.9 Å². The second-order valence-corrected chi connectivity index (χ2v) is 7.47. The molecule has 0 bridgehead atoms. The third-order valence-electron chi connectivity index (χ3n) is 4.70. The molecule has 1 aliphatic heterocycles. The lowest BCUT2D eigenvalue weighted by Gasteiger charge is -2.35. The number of amides is 1. The van der Waals surface area contributed by atoms with Crippen LogP contribution in [0.5, 0.6) is 0 Å². The summed E-state index contributed by atoms with van der Waals surface area (Å²) in [4.78, 5) is 30.4. The van der Waals surface area contributed by atoms with Crippen LogP contribution in [-0.4, -0.2) is 61.7 Å². The summed E-state index contributed by atoms with van der Waals surface area (Å²) < 4.78 is 1.83. The largest absolute Gasteiger partial charge is 0.353 e. The van der Waals surface area contributed by atoms with E-state index >= 15 is 0 Å². The van der Waals surface area contributed by atoms with Gasteiger partial charge in [-0.25, -0.2) is 19.6 Å². The van der Waals surface area contributed by atoms with Crippen LogP contribution < -0.4 is 4.90 Å². The van der Waals surface area contributed by atoms with E-state index in [1.165, 1.54) is 11.3 Å². The Morgan fingerprint density at radius 2 is 1.74 bits per heavy atom. The highest BCUT2D eigenvalue weighted by molar-refractivity contribution is 7.11. The smallest absolute Gasteiger partial charge is 0.265 e. The van der Waals surface area contributed by atoms with Crippen LogP contribution in [0.3, 0.4) is 0 Å². The van der Waals surface area contributed by atoms with Gasteiger partial charge in [0.2, 0.25) is 0 Å². The Bertz CT molecular complexity index is 972. The van der Waals surface area contributed by atoms with E-state index in [1.54, 1.807) is 11.8 Å². The fourth-order valence-corrected chi connectivity index (χ4v) is 4.05. The maximum absolute atomic E-state index is 12.6. The molecule has 0 aliphatic carbocycles. The molecule has 1 aliphatic rings. The summed E-state index contributed by atoms with van der Waals surface area (Å²) in [5, 5.41) is 4.49. The molecular formula is C18H21N7OS. The molecule has 1 fully saturated rings. The molecule has 0 aromatic carbocycles. The number of piperazine rings is 1. The molecular weight excluding hydrogens is 362 g/mol. The highest BCUT2D eigenvalue weighted by Crippen LogP contribution is 2.20. The number of hydrogen-bond acceptors (Lipinski definition) is 7. The summed E-state index contributed by atoms with van der Waals surface area (Å²) in [6.45, 7) is 8.64. The number of aromatic nitrogens is 5. The average molecular weight is 383 g/mol. The molecule has 27 heavy (non-hydrogen) atoms. The predicted octanol–water partition coefficient (Wildman–Crippen LogP) is 2.01. The van der Waals surface area contributed by atoms with Crippen LogP contribution in [0.1, 0.15) is 26.8 Å². The van der Waals surface area contributed by atoms with Crippen molar-refractivity contribution in [1.82, 2.24) is 29.6 Å². The number of thiazole rings is 1. The van der Waals surface area contributed by atoms with E-state index in [-0.39, 0.29) is 5.91 Å².